The van der Waals surface area contributed by atoms with Crippen molar-refractivity contribution in [2.24, 2.45) is 0 Å². The molecule has 3 atom stereocenters. The van der Waals surface area contributed by atoms with Gasteiger partial charge in [0.05, 0.1) is 38.1 Å². The Labute approximate surface area is 185 Å². The lowest BCUT2D eigenvalue weighted by Gasteiger charge is -2.34. The number of ether oxygens (including phenoxy) is 3. The second-order valence-corrected chi connectivity index (χ2v) is 8.57. The number of aliphatic hydroxyl groups is 2. The van der Waals surface area contributed by atoms with Gasteiger partial charge in [-0.1, -0.05) is 31.5 Å². The third kappa shape index (κ3) is 4.89. The predicted octanol–water partition coefficient (Wildman–Crippen LogP) is 4.14. The normalized spacial score (nSPS) is 22.8. The monoisotopic (exact) mass is 426 g/mol. The average Bonchev–Trinajstić information content (AvgIpc) is 3.26. The molecule has 2 aromatic carbocycles. The highest BCUT2D eigenvalue weighted by Crippen LogP contribution is 2.43. The predicted molar refractivity (Wildman–Crippen MR) is 120 cm³/mol. The lowest BCUT2D eigenvalue weighted by molar-refractivity contribution is -0.114. The first-order valence-electron chi connectivity index (χ1n) is 11.6. The summed E-state index contributed by atoms with van der Waals surface area (Å²) >= 11 is 0. The largest absolute Gasteiger partial charge is 0.494 e. The Morgan fingerprint density at radius 3 is 2.65 bits per heavy atom. The van der Waals surface area contributed by atoms with Gasteiger partial charge in [-0.3, -0.25) is 0 Å². The van der Waals surface area contributed by atoms with Crippen LogP contribution in [-0.2, 0) is 24.0 Å². The molecular formula is C26H34O5. The Morgan fingerprint density at radius 1 is 1.13 bits per heavy atom. The van der Waals surface area contributed by atoms with Gasteiger partial charge in [0.1, 0.15) is 11.5 Å². The third-order valence-corrected chi connectivity index (χ3v) is 6.27. The number of hydrogen-bond donors (Lipinski definition) is 2. The van der Waals surface area contributed by atoms with E-state index in [0.29, 0.717) is 26.1 Å². The maximum atomic E-state index is 10.4. The zero-order valence-corrected chi connectivity index (χ0v) is 18.6. The molecule has 1 fully saturated rings. The van der Waals surface area contributed by atoms with Crippen LogP contribution in [0.15, 0.2) is 30.3 Å². The molecular weight excluding hydrogens is 392 g/mol. The lowest BCUT2D eigenvalue weighted by Crippen LogP contribution is -2.33. The molecule has 168 valence electrons. The second-order valence-electron chi connectivity index (χ2n) is 8.57. The second kappa shape index (κ2) is 10.0. The van der Waals surface area contributed by atoms with Crippen LogP contribution in [-0.4, -0.2) is 42.2 Å². The summed E-state index contributed by atoms with van der Waals surface area (Å²) in [7, 11) is 0. The van der Waals surface area contributed by atoms with Crippen LogP contribution in [0.1, 0.15) is 67.0 Å². The molecule has 0 bridgehead atoms. The first kappa shape index (κ1) is 22.1. The van der Waals surface area contributed by atoms with Crippen molar-refractivity contribution in [3.63, 3.8) is 0 Å². The van der Waals surface area contributed by atoms with Gasteiger partial charge in [-0.2, -0.15) is 0 Å². The molecule has 5 heteroatoms. The Balaban J connectivity index is 1.70. The minimum atomic E-state index is -0.459. The summed E-state index contributed by atoms with van der Waals surface area (Å²) in [6.07, 6.45) is 3.74. The molecule has 2 aliphatic heterocycles. The van der Waals surface area contributed by atoms with E-state index >= 15 is 0 Å². The van der Waals surface area contributed by atoms with Crippen molar-refractivity contribution in [3.05, 3.63) is 58.1 Å². The molecule has 0 amide bonds. The first-order chi connectivity index (χ1) is 15.1. The number of fused-ring (bicyclic) bond motifs is 1. The van der Waals surface area contributed by atoms with Gasteiger partial charge in [0.15, 0.2) is 0 Å². The zero-order valence-electron chi connectivity index (χ0n) is 18.6. The van der Waals surface area contributed by atoms with E-state index in [4.69, 9.17) is 14.2 Å². The Kier molecular flexibility index (Phi) is 7.16. The fourth-order valence-electron chi connectivity index (χ4n) is 4.88. The highest BCUT2D eigenvalue weighted by Gasteiger charge is 2.33. The van der Waals surface area contributed by atoms with Crippen LogP contribution in [0, 0.1) is 0 Å². The zero-order chi connectivity index (χ0) is 21.8. The van der Waals surface area contributed by atoms with Crippen LogP contribution < -0.4 is 9.47 Å². The van der Waals surface area contributed by atoms with E-state index in [1.807, 2.05) is 19.1 Å². The van der Waals surface area contributed by atoms with Gasteiger partial charge in [0.2, 0.25) is 0 Å². The van der Waals surface area contributed by atoms with E-state index in [1.54, 1.807) is 0 Å². The summed E-state index contributed by atoms with van der Waals surface area (Å²) in [6.45, 7) is 5.46. The Hall–Kier alpha value is -2.08. The van der Waals surface area contributed by atoms with Crippen molar-refractivity contribution in [3.8, 4) is 11.5 Å². The highest BCUT2D eigenvalue weighted by atomic mass is 16.5. The molecule has 1 saturated heterocycles. The van der Waals surface area contributed by atoms with Gasteiger partial charge in [-0.15, -0.1) is 0 Å². The maximum absolute atomic E-state index is 10.4. The quantitative estimate of drug-likeness (QED) is 0.664. The smallest absolute Gasteiger partial charge is 0.126 e. The number of hydrogen-bond acceptors (Lipinski definition) is 5. The molecule has 0 radical (unpaired) electrons. The molecule has 2 aliphatic rings. The fraction of sp³-hybridized carbons (Fsp3) is 0.538. The fourth-order valence-corrected chi connectivity index (χ4v) is 4.88. The van der Waals surface area contributed by atoms with E-state index in [1.165, 1.54) is 22.3 Å². The average molecular weight is 427 g/mol. The van der Waals surface area contributed by atoms with E-state index in [-0.39, 0.29) is 18.8 Å². The van der Waals surface area contributed by atoms with Gasteiger partial charge >= 0.3 is 0 Å². The Bertz CT molecular complexity index is 876. The molecule has 5 nitrogen and oxygen atoms in total. The molecule has 2 heterocycles. The molecule has 0 aromatic heterocycles. The lowest BCUT2D eigenvalue weighted by atomic mass is 9.86. The molecule has 31 heavy (non-hydrogen) atoms. The van der Waals surface area contributed by atoms with Crippen molar-refractivity contribution >= 4 is 0 Å². The number of benzene rings is 2. The van der Waals surface area contributed by atoms with E-state index in [0.717, 1.165) is 42.7 Å². The van der Waals surface area contributed by atoms with Crippen LogP contribution in [0.5, 0.6) is 11.5 Å². The molecule has 0 saturated carbocycles. The summed E-state index contributed by atoms with van der Waals surface area (Å²) < 4.78 is 17.9. The third-order valence-electron chi connectivity index (χ3n) is 6.27. The van der Waals surface area contributed by atoms with Crippen LogP contribution in [0.25, 0.3) is 0 Å². The number of rotatable bonds is 8. The van der Waals surface area contributed by atoms with Crippen molar-refractivity contribution in [1.29, 1.82) is 0 Å². The van der Waals surface area contributed by atoms with E-state index in [2.05, 4.69) is 25.1 Å². The molecule has 4 rings (SSSR count). The van der Waals surface area contributed by atoms with Gasteiger partial charge in [-0.25, -0.2) is 0 Å². The summed E-state index contributed by atoms with van der Waals surface area (Å²) in [6, 6.07) is 10.6. The van der Waals surface area contributed by atoms with Crippen LogP contribution in [0.4, 0.5) is 0 Å². The first-order valence-corrected chi connectivity index (χ1v) is 11.6. The van der Waals surface area contributed by atoms with Crippen molar-refractivity contribution in [1.82, 2.24) is 0 Å². The molecule has 0 aliphatic carbocycles. The van der Waals surface area contributed by atoms with Crippen LogP contribution in [0.2, 0.25) is 0 Å². The van der Waals surface area contributed by atoms with E-state index in [9.17, 15) is 10.2 Å². The van der Waals surface area contributed by atoms with Crippen molar-refractivity contribution in [2.75, 3.05) is 19.8 Å². The molecule has 2 aromatic rings. The van der Waals surface area contributed by atoms with Gasteiger partial charge < -0.3 is 24.4 Å². The van der Waals surface area contributed by atoms with Crippen LogP contribution >= 0.6 is 0 Å². The molecule has 3 unspecified atom stereocenters. The van der Waals surface area contributed by atoms with Gasteiger partial charge in [-0.05, 0) is 54.2 Å². The topological polar surface area (TPSA) is 68.2 Å². The van der Waals surface area contributed by atoms with Gasteiger partial charge in [0.25, 0.3) is 0 Å². The molecule has 2 N–H and O–H groups in total. The minimum absolute atomic E-state index is 0.0702. The maximum Gasteiger partial charge on any atom is 0.126 e. The molecule has 0 spiro atoms. The summed E-state index contributed by atoms with van der Waals surface area (Å²) in [5.74, 6) is 1.90. The van der Waals surface area contributed by atoms with Crippen molar-refractivity contribution < 1.29 is 24.4 Å². The summed E-state index contributed by atoms with van der Waals surface area (Å²) in [4.78, 5) is 0. The van der Waals surface area contributed by atoms with Crippen molar-refractivity contribution in [2.45, 2.75) is 70.7 Å². The summed E-state index contributed by atoms with van der Waals surface area (Å²) in [5.41, 5.74) is 6.11. The highest BCUT2D eigenvalue weighted by molar-refractivity contribution is 5.55. The Morgan fingerprint density at radius 2 is 1.94 bits per heavy atom. The summed E-state index contributed by atoms with van der Waals surface area (Å²) in [5, 5.41) is 20.0. The van der Waals surface area contributed by atoms with Crippen LogP contribution in [0.3, 0.4) is 0 Å². The number of aliphatic hydroxyl groups excluding tert-OH is 2. The van der Waals surface area contributed by atoms with E-state index < -0.39 is 6.10 Å². The standard InChI is InChI=1S/C26H34O5/c1-3-5-22-18(12-17-6-8-20(9-7-17)29-4-2)13-24(23-10-11-30-26(22)23)25-15-19(28)14-21(16-27)31-25/h6-9,13,19,21,25,27-28H,3-5,10-12,14-16H2,1-2H3. The van der Waals surface area contributed by atoms with Gasteiger partial charge in [0, 0.05) is 24.8 Å². The SMILES string of the molecule is CCCc1c(Cc2ccc(OCC)cc2)cc(C2CC(O)CC(CO)O2)c2c1OCC2. The minimum Gasteiger partial charge on any atom is -0.494 e.